The van der Waals surface area contributed by atoms with Crippen LogP contribution in [0.25, 0.3) is 11.0 Å². The maximum atomic E-state index is 13.5. The lowest BCUT2D eigenvalue weighted by atomic mass is 9.98. The van der Waals surface area contributed by atoms with Crippen LogP contribution in [0.5, 0.6) is 0 Å². The van der Waals surface area contributed by atoms with E-state index in [-0.39, 0.29) is 23.3 Å². The first-order valence-electron chi connectivity index (χ1n) is 9.40. The van der Waals surface area contributed by atoms with E-state index in [9.17, 15) is 9.59 Å². The Kier molecular flexibility index (Phi) is 4.85. The Balaban J connectivity index is 1.77. The highest BCUT2D eigenvalue weighted by Crippen LogP contribution is 2.41. The molecule has 0 saturated carbocycles. The summed E-state index contributed by atoms with van der Waals surface area (Å²) in [7, 11) is 0. The highest BCUT2D eigenvalue weighted by atomic mass is 35.5. The highest BCUT2D eigenvalue weighted by Gasteiger charge is 2.43. The second kappa shape index (κ2) is 7.45. The molecule has 0 aliphatic carbocycles. The number of furan rings is 1. The quantitative estimate of drug-likeness (QED) is 0.345. The maximum Gasteiger partial charge on any atom is 0.291 e. The third kappa shape index (κ3) is 3.24. The molecule has 0 bridgehead atoms. The van der Waals surface area contributed by atoms with Crippen LogP contribution in [0.1, 0.15) is 39.0 Å². The van der Waals surface area contributed by atoms with Gasteiger partial charge in [-0.3, -0.25) is 9.59 Å². The smallest absolute Gasteiger partial charge is 0.291 e. The minimum absolute atomic E-state index is 0.00171. The van der Waals surface area contributed by atoms with Gasteiger partial charge in [0.25, 0.3) is 5.91 Å². The third-order valence-electron chi connectivity index (χ3n) is 5.41. The van der Waals surface area contributed by atoms with Crippen molar-refractivity contribution in [2.45, 2.75) is 19.5 Å². The van der Waals surface area contributed by atoms with E-state index in [1.54, 1.807) is 49.4 Å². The molecule has 0 saturated heterocycles. The van der Waals surface area contributed by atoms with Gasteiger partial charge in [0, 0.05) is 5.02 Å². The van der Waals surface area contributed by atoms with Gasteiger partial charge in [0.2, 0.25) is 5.76 Å². The molecule has 5 nitrogen and oxygen atoms in total. The molecule has 0 spiro atoms. The highest BCUT2D eigenvalue weighted by molar-refractivity contribution is 6.42. The number of nitrogens with zero attached hydrogens (tertiary/aromatic N) is 1. The van der Waals surface area contributed by atoms with Gasteiger partial charge >= 0.3 is 0 Å². The van der Waals surface area contributed by atoms with Gasteiger partial charge in [-0.1, -0.05) is 40.9 Å². The molecule has 3 heterocycles. The topological polar surface area (TPSA) is 63.7 Å². The number of rotatable bonds is 3. The van der Waals surface area contributed by atoms with Crippen molar-refractivity contribution in [1.82, 2.24) is 4.90 Å². The molecule has 1 aliphatic heterocycles. The lowest BCUT2D eigenvalue weighted by molar-refractivity contribution is 0.0701. The van der Waals surface area contributed by atoms with Crippen molar-refractivity contribution in [3.63, 3.8) is 0 Å². The van der Waals surface area contributed by atoms with Crippen LogP contribution in [0.15, 0.2) is 62.4 Å². The normalized spacial score (nSPS) is 15.7. The summed E-state index contributed by atoms with van der Waals surface area (Å²) in [6.45, 7) is 1.95. The predicted octanol–water partition coefficient (Wildman–Crippen LogP) is 6.40. The van der Waals surface area contributed by atoms with Crippen molar-refractivity contribution in [3.8, 4) is 0 Å². The molecule has 0 radical (unpaired) electrons. The Bertz CT molecular complexity index is 1410. The number of carbonyl (C=O) groups excluding carboxylic acids is 1. The Morgan fingerprint density at radius 2 is 1.81 bits per heavy atom. The minimum atomic E-state index is -0.719. The molecule has 5 rings (SSSR count). The molecule has 2 aromatic heterocycles. The van der Waals surface area contributed by atoms with Crippen LogP contribution in [0, 0.1) is 6.92 Å². The van der Waals surface area contributed by atoms with E-state index in [1.165, 1.54) is 11.2 Å². The molecule has 1 aliphatic rings. The Hall–Kier alpha value is -2.73. The van der Waals surface area contributed by atoms with Crippen molar-refractivity contribution in [2.75, 3.05) is 0 Å². The number of hydrogen-bond donors (Lipinski definition) is 0. The van der Waals surface area contributed by atoms with E-state index in [1.807, 2.05) is 0 Å². The molecule has 0 fully saturated rings. The van der Waals surface area contributed by atoms with Gasteiger partial charge in [0.05, 0.1) is 39.8 Å². The Morgan fingerprint density at radius 3 is 2.52 bits per heavy atom. The number of halogens is 3. The SMILES string of the molecule is Cc1cc2oc3c(c(=O)c2cc1Cl)C(c1ccc(Cl)c(Cl)c1)N(Cc1ccco1)C3=O. The minimum Gasteiger partial charge on any atom is -0.467 e. The zero-order valence-corrected chi connectivity index (χ0v) is 18.4. The third-order valence-corrected chi connectivity index (χ3v) is 6.56. The Morgan fingerprint density at radius 1 is 1.00 bits per heavy atom. The summed E-state index contributed by atoms with van der Waals surface area (Å²) in [6.07, 6.45) is 1.53. The summed E-state index contributed by atoms with van der Waals surface area (Å²) in [5, 5.41) is 1.46. The first kappa shape index (κ1) is 20.2. The monoisotopic (exact) mass is 473 g/mol. The van der Waals surface area contributed by atoms with Gasteiger partial charge in [0.15, 0.2) is 5.43 Å². The lowest BCUT2D eigenvalue weighted by Crippen LogP contribution is -2.29. The molecule has 1 unspecified atom stereocenters. The summed E-state index contributed by atoms with van der Waals surface area (Å²) in [5.74, 6) is 0.165. The molecule has 156 valence electrons. The zero-order chi connectivity index (χ0) is 21.9. The van der Waals surface area contributed by atoms with E-state index in [0.717, 1.165) is 5.56 Å². The van der Waals surface area contributed by atoms with Crippen LogP contribution < -0.4 is 5.43 Å². The van der Waals surface area contributed by atoms with Gasteiger partial charge in [-0.15, -0.1) is 0 Å². The fraction of sp³-hybridized carbons (Fsp3) is 0.130. The molecular weight excluding hydrogens is 461 g/mol. The van der Waals surface area contributed by atoms with Crippen LogP contribution >= 0.6 is 34.8 Å². The van der Waals surface area contributed by atoms with E-state index >= 15 is 0 Å². The fourth-order valence-corrected chi connectivity index (χ4v) is 4.37. The molecule has 8 heteroatoms. The molecule has 31 heavy (non-hydrogen) atoms. The second-order valence-corrected chi connectivity index (χ2v) is 8.58. The summed E-state index contributed by atoms with van der Waals surface area (Å²) in [5.41, 5.74) is 1.62. The number of hydrogen-bond acceptors (Lipinski definition) is 4. The van der Waals surface area contributed by atoms with Gasteiger partial charge < -0.3 is 13.7 Å². The van der Waals surface area contributed by atoms with Crippen LogP contribution in [-0.2, 0) is 6.54 Å². The standard InChI is InChI=1S/C23H14Cl3NO4/c1-11-7-18-14(9-16(11)25)21(28)19-20(12-4-5-15(24)17(26)8-12)27(23(29)22(19)31-18)10-13-3-2-6-30-13/h2-9,20H,10H2,1H3. The number of carbonyl (C=O) groups is 1. The van der Waals surface area contributed by atoms with E-state index in [0.29, 0.717) is 37.4 Å². The van der Waals surface area contributed by atoms with E-state index in [2.05, 4.69) is 0 Å². The maximum absolute atomic E-state index is 13.5. The summed E-state index contributed by atoms with van der Waals surface area (Å²) >= 11 is 18.6. The van der Waals surface area contributed by atoms with Gasteiger partial charge in [-0.05, 0) is 54.4 Å². The summed E-state index contributed by atoms with van der Waals surface area (Å²) in [4.78, 5) is 28.4. The predicted molar refractivity (Wildman–Crippen MR) is 119 cm³/mol. The van der Waals surface area contributed by atoms with Gasteiger partial charge in [-0.2, -0.15) is 0 Å². The van der Waals surface area contributed by atoms with Crippen LogP contribution in [0.4, 0.5) is 0 Å². The molecule has 0 N–H and O–H groups in total. The first-order valence-corrected chi connectivity index (χ1v) is 10.5. The molecular formula is C23H14Cl3NO4. The van der Waals surface area contributed by atoms with E-state index in [4.69, 9.17) is 43.6 Å². The summed E-state index contributed by atoms with van der Waals surface area (Å²) in [6, 6.07) is 11.0. The Labute approximate surface area is 191 Å². The van der Waals surface area contributed by atoms with Crippen molar-refractivity contribution in [3.05, 3.63) is 102 Å². The number of benzene rings is 2. The van der Waals surface area contributed by atoms with Crippen molar-refractivity contribution >= 4 is 51.7 Å². The largest absolute Gasteiger partial charge is 0.467 e. The molecule has 4 aromatic rings. The van der Waals surface area contributed by atoms with Crippen molar-refractivity contribution < 1.29 is 13.6 Å². The number of amides is 1. The van der Waals surface area contributed by atoms with E-state index < -0.39 is 11.9 Å². The van der Waals surface area contributed by atoms with Crippen LogP contribution in [0.2, 0.25) is 15.1 Å². The molecule has 1 amide bonds. The van der Waals surface area contributed by atoms with Crippen molar-refractivity contribution in [2.24, 2.45) is 0 Å². The van der Waals surface area contributed by atoms with Crippen LogP contribution in [0.3, 0.4) is 0 Å². The number of fused-ring (bicyclic) bond motifs is 2. The zero-order valence-electron chi connectivity index (χ0n) is 16.1. The summed E-state index contributed by atoms with van der Waals surface area (Å²) < 4.78 is 11.4. The first-order chi connectivity index (χ1) is 14.8. The average molecular weight is 475 g/mol. The van der Waals surface area contributed by atoms with Crippen LogP contribution in [-0.4, -0.2) is 10.8 Å². The van der Waals surface area contributed by atoms with Crippen molar-refractivity contribution in [1.29, 1.82) is 0 Å². The van der Waals surface area contributed by atoms with Gasteiger partial charge in [0.1, 0.15) is 11.3 Å². The average Bonchev–Trinajstić information content (AvgIpc) is 3.34. The second-order valence-electron chi connectivity index (χ2n) is 7.36. The molecule has 2 aromatic carbocycles. The lowest BCUT2D eigenvalue weighted by Gasteiger charge is -2.24. The fourth-order valence-electron chi connectivity index (χ4n) is 3.90. The van der Waals surface area contributed by atoms with Gasteiger partial charge in [-0.25, -0.2) is 0 Å². The number of aryl methyl sites for hydroxylation is 1. The molecule has 1 atom stereocenters.